The van der Waals surface area contributed by atoms with Crippen LogP contribution in [0.1, 0.15) is 19.3 Å². The van der Waals surface area contributed by atoms with Crippen LogP contribution in [0.25, 0.3) is 0 Å². The molecule has 2 N–H and O–H groups in total. The normalized spacial score (nSPS) is 36.1. The fraction of sp³-hybridized carbons (Fsp3) is 0.933. The van der Waals surface area contributed by atoms with Gasteiger partial charge in [-0.05, 0) is 31.7 Å². The second kappa shape index (κ2) is 6.00. The lowest BCUT2D eigenvalue weighted by molar-refractivity contribution is -0.133. The van der Waals surface area contributed by atoms with Crippen molar-refractivity contribution in [1.29, 1.82) is 0 Å². The molecule has 2 aliphatic heterocycles. The van der Waals surface area contributed by atoms with Crippen molar-refractivity contribution in [2.24, 2.45) is 17.6 Å². The van der Waals surface area contributed by atoms with E-state index in [9.17, 15) is 4.79 Å². The quantitative estimate of drug-likeness (QED) is 0.762. The molecule has 5 heteroatoms. The molecule has 3 fully saturated rings. The van der Waals surface area contributed by atoms with Gasteiger partial charge in [0.1, 0.15) is 0 Å². The molecule has 0 bridgehead atoms. The van der Waals surface area contributed by atoms with E-state index in [1.54, 1.807) is 0 Å². The summed E-state index contributed by atoms with van der Waals surface area (Å²) in [6, 6.07) is 0.359. The van der Waals surface area contributed by atoms with Crippen molar-refractivity contribution in [3.63, 3.8) is 0 Å². The van der Waals surface area contributed by atoms with Gasteiger partial charge in [-0.2, -0.15) is 0 Å². The van der Waals surface area contributed by atoms with Crippen LogP contribution in [-0.4, -0.2) is 79.5 Å². The number of hydrogen-bond donors (Lipinski definition) is 1. The molecule has 3 unspecified atom stereocenters. The molecule has 20 heavy (non-hydrogen) atoms. The predicted octanol–water partition coefficient (Wildman–Crippen LogP) is -0.180. The summed E-state index contributed by atoms with van der Waals surface area (Å²) in [7, 11) is 2.12. The highest BCUT2D eigenvalue weighted by molar-refractivity contribution is 5.78. The number of nitrogens with zero attached hydrogens (tertiary/aromatic N) is 3. The summed E-state index contributed by atoms with van der Waals surface area (Å²) in [4.78, 5) is 19.0. The number of carbonyl (C=O) groups excluding carboxylic acids is 1. The van der Waals surface area contributed by atoms with Gasteiger partial charge in [-0.25, -0.2) is 0 Å². The number of rotatable bonds is 2. The summed E-state index contributed by atoms with van der Waals surface area (Å²) in [5.74, 6) is 1.67. The fourth-order valence-electron chi connectivity index (χ4n) is 4.09. The van der Waals surface area contributed by atoms with Gasteiger partial charge in [0, 0.05) is 45.3 Å². The topological polar surface area (TPSA) is 52.8 Å². The first-order valence-corrected chi connectivity index (χ1v) is 8.08. The Hall–Kier alpha value is -0.650. The lowest BCUT2D eigenvalue weighted by Crippen LogP contribution is -2.50. The molecule has 2 saturated heterocycles. The van der Waals surface area contributed by atoms with Crippen LogP contribution >= 0.6 is 0 Å². The van der Waals surface area contributed by atoms with Crippen molar-refractivity contribution in [2.75, 3.05) is 52.9 Å². The first-order valence-electron chi connectivity index (χ1n) is 8.08. The zero-order chi connectivity index (χ0) is 14.1. The van der Waals surface area contributed by atoms with E-state index in [1.165, 1.54) is 19.3 Å². The highest BCUT2D eigenvalue weighted by Gasteiger charge is 2.39. The number of amides is 1. The first kappa shape index (κ1) is 14.3. The minimum Gasteiger partial charge on any atom is -0.339 e. The number of fused-ring (bicyclic) bond motifs is 1. The Bertz CT molecular complexity index is 354. The maximum atomic E-state index is 12.4. The van der Waals surface area contributed by atoms with E-state index in [-0.39, 0.29) is 0 Å². The minimum atomic E-state index is 0.310. The predicted molar refractivity (Wildman–Crippen MR) is 79.3 cm³/mol. The molecule has 5 nitrogen and oxygen atoms in total. The van der Waals surface area contributed by atoms with Crippen molar-refractivity contribution >= 4 is 5.91 Å². The van der Waals surface area contributed by atoms with Crippen LogP contribution in [0.3, 0.4) is 0 Å². The summed E-state index contributed by atoms with van der Waals surface area (Å²) in [5.41, 5.74) is 6.24. The molecule has 0 spiro atoms. The molecule has 114 valence electrons. The van der Waals surface area contributed by atoms with E-state index in [0.29, 0.717) is 24.4 Å². The van der Waals surface area contributed by atoms with Gasteiger partial charge in [-0.3, -0.25) is 9.69 Å². The third-order valence-electron chi connectivity index (χ3n) is 5.44. The molecule has 0 aromatic rings. The monoisotopic (exact) mass is 280 g/mol. The van der Waals surface area contributed by atoms with Gasteiger partial charge in [0.25, 0.3) is 0 Å². The minimum absolute atomic E-state index is 0.310. The molecule has 0 radical (unpaired) electrons. The Morgan fingerprint density at radius 3 is 2.60 bits per heavy atom. The summed E-state index contributed by atoms with van der Waals surface area (Å²) in [6.07, 6.45) is 3.74. The van der Waals surface area contributed by atoms with Crippen molar-refractivity contribution in [3.05, 3.63) is 0 Å². The SMILES string of the molecule is CN1CCN(C(=O)CN2CC3CCCC(N)C3C2)CC1. The smallest absolute Gasteiger partial charge is 0.236 e. The van der Waals surface area contributed by atoms with Crippen LogP contribution in [0.2, 0.25) is 0 Å². The third kappa shape index (κ3) is 3.00. The zero-order valence-electron chi connectivity index (χ0n) is 12.6. The molecule has 3 atom stereocenters. The van der Waals surface area contributed by atoms with Gasteiger partial charge in [0.15, 0.2) is 0 Å². The molecule has 3 aliphatic rings. The number of carbonyl (C=O) groups is 1. The van der Waals surface area contributed by atoms with Crippen molar-refractivity contribution < 1.29 is 4.79 Å². The van der Waals surface area contributed by atoms with Crippen LogP contribution in [0.5, 0.6) is 0 Å². The van der Waals surface area contributed by atoms with Crippen LogP contribution in [0, 0.1) is 11.8 Å². The highest BCUT2D eigenvalue weighted by Crippen LogP contribution is 2.35. The van der Waals surface area contributed by atoms with E-state index >= 15 is 0 Å². The lowest BCUT2D eigenvalue weighted by atomic mass is 9.78. The van der Waals surface area contributed by atoms with Gasteiger partial charge < -0.3 is 15.5 Å². The third-order valence-corrected chi connectivity index (χ3v) is 5.44. The average Bonchev–Trinajstić information content (AvgIpc) is 2.83. The molecule has 3 rings (SSSR count). The second-order valence-electron chi connectivity index (χ2n) is 6.90. The first-order chi connectivity index (χ1) is 9.63. The number of piperazine rings is 1. The molecule has 0 aromatic carbocycles. The molecule has 0 aromatic heterocycles. The lowest BCUT2D eigenvalue weighted by Gasteiger charge is -2.33. The van der Waals surface area contributed by atoms with Gasteiger partial charge in [-0.15, -0.1) is 0 Å². The van der Waals surface area contributed by atoms with Gasteiger partial charge >= 0.3 is 0 Å². The second-order valence-corrected chi connectivity index (χ2v) is 6.90. The average molecular weight is 280 g/mol. The summed E-state index contributed by atoms with van der Waals surface area (Å²) in [6.45, 7) is 6.49. The molecule has 1 amide bonds. The number of likely N-dealkylation sites (N-methyl/N-ethyl adjacent to an activating group) is 1. The van der Waals surface area contributed by atoms with Crippen molar-refractivity contribution in [2.45, 2.75) is 25.3 Å². The van der Waals surface area contributed by atoms with E-state index < -0.39 is 0 Å². The maximum Gasteiger partial charge on any atom is 0.236 e. The Morgan fingerprint density at radius 1 is 1.15 bits per heavy atom. The molecular formula is C15H28N4O. The van der Waals surface area contributed by atoms with E-state index in [1.807, 2.05) is 4.90 Å². The molecule has 1 saturated carbocycles. The molecule has 1 aliphatic carbocycles. The van der Waals surface area contributed by atoms with Gasteiger partial charge in [-0.1, -0.05) is 6.42 Å². The Balaban J connectivity index is 1.50. The standard InChI is InChI=1S/C15H28N4O/c1-17-5-7-19(8-6-17)15(20)11-18-9-12-3-2-4-14(16)13(12)10-18/h12-14H,2-11,16H2,1H3. The van der Waals surface area contributed by atoms with Gasteiger partial charge in [0.05, 0.1) is 6.54 Å². The fourth-order valence-corrected chi connectivity index (χ4v) is 4.09. The summed E-state index contributed by atoms with van der Waals surface area (Å²) >= 11 is 0. The van der Waals surface area contributed by atoms with E-state index in [0.717, 1.165) is 45.2 Å². The van der Waals surface area contributed by atoms with E-state index in [4.69, 9.17) is 5.73 Å². The van der Waals surface area contributed by atoms with Gasteiger partial charge in [0.2, 0.25) is 5.91 Å². The van der Waals surface area contributed by atoms with Crippen LogP contribution < -0.4 is 5.73 Å². The highest BCUT2D eigenvalue weighted by atomic mass is 16.2. The molecule has 2 heterocycles. The largest absolute Gasteiger partial charge is 0.339 e. The van der Waals surface area contributed by atoms with Crippen LogP contribution in [0.15, 0.2) is 0 Å². The summed E-state index contributed by atoms with van der Waals surface area (Å²) in [5, 5.41) is 0. The number of nitrogens with two attached hydrogens (primary N) is 1. The Labute approximate surface area is 122 Å². The van der Waals surface area contributed by atoms with Crippen LogP contribution in [-0.2, 0) is 4.79 Å². The Morgan fingerprint density at radius 2 is 1.90 bits per heavy atom. The number of hydrogen-bond acceptors (Lipinski definition) is 4. The maximum absolute atomic E-state index is 12.4. The van der Waals surface area contributed by atoms with Crippen molar-refractivity contribution in [3.8, 4) is 0 Å². The number of likely N-dealkylation sites (tertiary alicyclic amines) is 1. The van der Waals surface area contributed by atoms with Crippen LogP contribution in [0.4, 0.5) is 0 Å². The Kier molecular flexibility index (Phi) is 4.29. The molecular weight excluding hydrogens is 252 g/mol. The van der Waals surface area contributed by atoms with E-state index in [2.05, 4.69) is 16.8 Å². The summed E-state index contributed by atoms with van der Waals surface area (Å²) < 4.78 is 0. The zero-order valence-corrected chi connectivity index (χ0v) is 12.6. The van der Waals surface area contributed by atoms with Crippen molar-refractivity contribution in [1.82, 2.24) is 14.7 Å².